The molecule has 0 spiro atoms. The Morgan fingerprint density at radius 2 is 1.73 bits per heavy atom. The van der Waals surface area contributed by atoms with E-state index < -0.39 is 0 Å². The second kappa shape index (κ2) is 7.84. The number of amides is 1. The third kappa shape index (κ3) is 4.64. The molecule has 0 saturated carbocycles. The van der Waals surface area contributed by atoms with E-state index in [-0.39, 0.29) is 5.91 Å². The average molecular weight is 294 g/mol. The lowest BCUT2D eigenvalue weighted by atomic mass is 10.1. The number of hydrogen-bond donors (Lipinski definition) is 1. The van der Waals surface area contributed by atoms with E-state index in [0.29, 0.717) is 24.9 Å². The van der Waals surface area contributed by atoms with E-state index >= 15 is 0 Å². The normalized spacial score (nSPS) is 9.82. The van der Waals surface area contributed by atoms with Crippen molar-refractivity contribution in [2.24, 2.45) is 0 Å². The Morgan fingerprint density at radius 3 is 2.32 bits per heavy atom. The van der Waals surface area contributed by atoms with E-state index in [1.807, 2.05) is 36.4 Å². The smallest absolute Gasteiger partial charge is 0.220 e. The van der Waals surface area contributed by atoms with Gasteiger partial charge in [0, 0.05) is 13.0 Å². The summed E-state index contributed by atoms with van der Waals surface area (Å²) in [5, 5.41) is 11.6. The first-order valence-corrected chi connectivity index (χ1v) is 7.10. The van der Waals surface area contributed by atoms with Crippen LogP contribution in [0.2, 0.25) is 0 Å². The van der Waals surface area contributed by atoms with Crippen LogP contribution in [-0.4, -0.2) is 13.0 Å². The molecule has 112 valence electrons. The molecule has 2 aromatic carbocycles. The predicted octanol–water partition coefficient (Wildman–Crippen LogP) is 2.82. The molecule has 0 aliphatic rings. The molecule has 0 aliphatic carbocycles. The van der Waals surface area contributed by atoms with Crippen LogP contribution in [0, 0.1) is 11.3 Å². The summed E-state index contributed by atoms with van der Waals surface area (Å²) in [6.45, 7) is 0.479. The van der Waals surface area contributed by atoms with Gasteiger partial charge in [0.05, 0.1) is 18.7 Å². The second-order valence-corrected chi connectivity index (χ2v) is 4.93. The van der Waals surface area contributed by atoms with Gasteiger partial charge < -0.3 is 10.1 Å². The maximum absolute atomic E-state index is 11.8. The van der Waals surface area contributed by atoms with Crippen molar-refractivity contribution in [3.8, 4) is 11.8 Å². The summed E-state index contributed by atoms with van der Waals surface area (Å²) in [7, 11) is 1.63. The number of ether oxygens (including phenoxy) is 1. The molecule has 0 heterocycles. The molecule has 2 aromatic rings. The lowest BCUT2D eigenvalue weighted by molar-refractivity contribution is -0.121. The van der Waals surface area contributed by atoms with Crippen molar-refractivity contribution in [3.05, 3.63) is 65.2 Å². The first-order valence-electron chi connectivity index (χ1n) is 7.10. The Morgan fingerprint density at radius 1 is 1.09 bits per heavy atom. The highest BCUT2D eigenvalue weighted by Crippen LogP contribution is 2.12. The van der Waals surface area contributed by atoms with Gasteiger partial charge in [0.25, 0.3) is 0 Å². The molecule has 0 unspecified atom stereocenters. The number of aryl methyl sites for hydroxylation is 1. The highest BCUT2D eigenvalue weighted by molar-refractivity contribution is 5.76. The van der Waals surface area contributed by atoms with Crippen molar-refractivity contribution < 1.29 is 9.53 Å². The van der Waals surface area contributed by atoms with Gasteiger partial charge in [-0.3, -0.25) is 4.79 Å². The van der Waals surface area contributed by atoms with Gasteiger partial charge in [-0.05, 0) is 41.8 Å². The Kier molecular flexibility index (Phi) is 5.56. The third-order valence-electron chi connectivity index (χ3n) is 3.37. The van der Waals surface area contributed by atoms with Crippen LogP contribution in [0.5, 0.6) is 5.75 Å². The molecule has 0 saturated heterocycles. The summed E-state index contributed by atoms with van der Waals surface area (Å²) >= 11 is 0. The van der Waals surface area contributed by atoms with Crippen molar-refractivity contribution >= 4 is 5.91 Å². The van der Waals surface area contributed by atoms with Crippen LogP contribution in [0.4, 0.5) is 0 Å². The Hall–Kier alpha value is -2.80. The largest absolute Gasteiger partial charge is 0.497 e. The summed E-state index contributed by atoms with van der Waals surface area (Å²) in [4.78, 5) is 11.8. The van der Waals surface area contributed by atoms with E-state index in [4.69, 9.17) is 10.00 Å². The summed E-state index contributed by atoms with van der Waals surface area (Å²) in [5.74, 6) is 0.828. The Labute approximate surface area is 130 Å². The van der Waals surface area contributed by atoms with E-state index in [1.165, 1.54) is 0 Å². The van der Waals surface area contributed by atoms with Crippen LogP contribution in [0.3, 0.4) is 0 Å². The number of nitrogens with one attached hydrogen (secondary N) is 1. The maximum Gasteiger partial charge on any atom is 0.220 e. The minimum Gasteiger partial charge on any atom is -0.497 e. The average Bonchev–Trinajstić information content (AvgIpc) is 2.59. The number of nitrogens with zero attached hydrogens (tertiary/aromatic N) is 1. The van der Waals surface area contributed by atoms with Crippen LogP contribution in [0.1, 0.15) is 23.1 Å². The summed E-state index contributed by atoms with van der Waals surface area (Å²) in [5.41, 5.74) is 2.71. The molecular formula is C18H18N2O2. The van der Waals surface area contributed by atoms with Gasteiger partial charge in [0.2, 0.25) is 5.91 Å². The summed E-state index contributed by atoms with van der Waals surface area (Å²) in [6, 6.07) is 17.0. The van der Waals surface area contributed by atoms with Gasteiger partial charge in [0.15, 0.2) is 0 Å². The minimum absolute atomic E-state index is 0.0141. The number of rotatable bonds is 6. The minimum atomic E-state index is 0.0141. The zero-order valence-electron chi connectivity index (χ0n) is 12.5. The number of carbonyl (C=O) groups is 1. The van der Waals surface area contributed by atoms with Crippen LogP contribution in [0.25, 0.3) is 0 Å². The predicted molar refractivity (Wildman–Crippen MR) is 84.3 cm³/mol. The first kappa shape index (κ1) is 15.6. The van der Waals surface area contributed by atoms with Crippen LogP contribution in [0.15, 0.2) is 48.5 Å². The van der Waals surface area contributed by atoms with Gasteiger partial charge in [-0.15, -0.1) is 0 Å². The van der Waals surface area contributed by atoms with Crippen LogP contribution >= 0.6 is 0 Å². The van der Waals surface area contributed by atoms with Crippen molar-refractivity contribution in [2.45, 2.75) is 19.4 Å². The van der Waals surface area contributed by atoms with Crippen molar-refractivity contribution in [2.75, 3.05) is 7.11 Å². The molecule has 0 aromatic heterocycles. The number of benzene rings is 2. The molecule has 22 heavy (non-hydrogen) atoms. The zero-order valence-corrected chi connectivity index (χ0v) is 12.5. The van der Waals surface area contributed by atoms with Crippen molar-refractivity contribution in [3.63, 3.8) is 0 Å². The van der Waals surface area contributed by atoms with Crippen molar-refractivity contribution in [1.82, 2.24) is 5.32 Å². The SMILES string of the molecule is COc1ccc(CCC(=O)NCc2ccc(C#N)cc2)cc1. The quantitative estimate of drug-likeness (QED) is 0.891. The summed E-state index contributed by atoms with van der Waals surface area (Å²) < 4.78 is 5.10. The number of carbonyl (C=O) groups excluding carboxylic acids is 1. The molecule has 2 rings (SSSR count). The molecule has 0 aliphatic heterocycles. The topological polar surface area (TPSA) is 62.1 Å². The van der Waals surface area contributed by atoms with Gasteiger partial charge in [-0.25, -0.2) is 0 Å². The van der Waals surface area contributed by atoms with E-state index in [1.54, 1.807) is 19.2 Å². The molecule has 0 radical (unpaired) electrons. The van der Waals surface area contributed by atoms with Gasteiger partial charge in [-0.2, -0.15) is 5.26 Å². The number of methoxy groups -OCH3 is 1. The molecular weight excluding hydrogens is 276 g/mol. The highest BCUT2D eigenvalue weighted by Gasteiger charge is 2.03. The number of hydrogen-bond acceptors (Lipinski definition) is 3. The fourth-order valence-corrected chi connectivity index (χ4v) is 2.04. The highest BCUT2D eigenvalue weighted by atomic mass is 16.5. The molecule has 4 heteroatoms. The molecule has 0 atom stereocenters. The lowest BCUT2D eigenvalue weighted by Crippen LogP contribution is -2.22. The second-order valence-electron chi connectivity index (χ2n) is 4.93. The first-order chi connectivity index (χ1) is 10.7. The van der Waals surface area contributed by atoms with Gasteiger partial charge in [0.1, 0.15) is 5.75 Å². The lowest BCUT2D eigenvalue weighted by Gasteiger charge is -2.06. The van der Waals surface area contributed by atoms with Gasteiger partial charge in [-0.1, -0.05) is 24.3 Å². The van der Waals surface area contributed by atoms with E-state index in [9.17, 15) is 4.79 Å². The molecule has 0 bridgehead atoms. The molecule has 1 amide bonds. The van der Waals surface area contributed by atoms with Gasteiger partial charge >= 0.3 is 0 Å². The maximum atomic E-state index is 11.8. The Bertz CT molecular complexity index is 655. The number of nitriles is 1. The molecule has 1 N–H and O–H groups in total. The van der Waals surface area contributed by atoms with Crippen molar-refractivity contribution in [1.29, 1.82) is 5.26 Å². The molecule has 4 nitrogen and oxygen atoms in total. The third-order valence-corrected chi connectivity index (χ3v) is 3.37. The van der Waals surface area contributed by atoms with E-state index in [2.05, 4.69) is 11.4 Å². The van der Waals surface area contributed by atoms with E-state index in [0.717, 1.165) is 16.9 Å². The summed E-state index contributed by atoms with van der Waals surface area (Å²) in [6.07, 6.45) is 1.14. The van der Waals surface area contributed by atoms with Crippen LogP contribution < -0.4 is 10.1 Å². The van der Waals surface area contributed by atoms with Crippen LogP contribution in [-0.2, 0) is 17.8 Å². The monoisotopic (exact) mass is 294 g/mol. The molecule has 0 fully saturated rings. The fraction of sp³-hybridized carbons (Fsp3) is 0.222. The standard InChI is InChI=1S/C18H18N2O2/c1-22-17-9-6-14(7-10-17)8-11-18(21)20-13-16-4-2-15(12-19)3-5-16/h2-7,9-10H,8,11,13H2,1H3,(H,20,21). The zero-order chi connectivity index (χ0) is 15.8. The fourth-order valence-electron chi connectivity index (χ4n) is 2.04. The Balaban J connectivity index is 1.76.